The fourth-order valence-corrected chi connectivity index (χ4v) is 8.31. The average Bonchev–Trinajstić information content (AvgIpc) is 3.14. The summed E-state index contributed by atoms with van der Waals surface area (Å²) < 4.78 is 11.7. The van der Waals surface area contributed by atoms with E-state index in [2.05, 4.69) is 38.2 Å². The van der Waals surface area contributed by atoms with E-state index in [4.69, 9.17) is 9.47 Å². The maximum atomic E-state index is 12.6. The molecular formula is C54H102O6. The highest BCUT2D eigenvalue weighted by molar-refractivity contribution is 5.70. The topological polar surface area (TPSA) is 93.1 Å². The normalized spacial score (nSPS) is 14.0. The Hall–Kier alpha value is -1.66. The lowest BCUT2D eigenvalue weighted by molar-refractivity contribution is -0.158. The molecule has 0 aromatic rings. The molecule has 6 heteroatoms. The smallest absolute Gasteiger partial charge is 0.306 e. The van der Waals surface area contributed by atoms with Gasteiger partial charge in [-0.05, 0) is 157 Å². The van der Waals surface area contributed by atoms with Crippen LogP contribution in [-0.2, 0) is 19.1 Å². The summed E-state index contributed by atoms with van der Waals surface area (Å²) in [4.78, 5) is 25.1. The Morgan fingerprint density at radius 2 is 0.750 bits per heavy atom. The monoisotopic (exact) mass is 847 g/mol. The summed E-state index contributed by atoms with van der Waals surface area (Å²) in [5, 5.41) is 21.1. The van der Waals surface area contributed by atoms with Crippen molar-refractivity contribution >= 4 is 11.9 Å². The van der Waals surface area contributed by atoms with Gasteiger partial charge in [-0.1, -0.05) is 141 Å². The molecule has 0 spiro atoms. The van der Waals surface area contributed by atoms with E-state index in [1.165, 1.54) is 77.0 Å². The zero-order valence-corrected chi connectivity index (χ0v) is 41.6. The first-order valence-corrected chi connectivity index (χ1v) is 25.5. The minimum Gasteiger partial charge on any atom is -0.460 e. The molecule has 0 rings (SSSR count). The van der Waals surface area contributed by atoms with Crippen LogP contribution in [0.4, 0.5) is 0 Å². The predicted octanol–water partition coefficient (Wildman–Crippen LogP) is 16.0. The van der Waals surface area contributed by atoms with Crippen molar-refractivity contribution in [2.75, 3.05) is 0 Å². The maximum absolute atomic E-state index is 12.6. The molecule has 60 heavy (non-hydrogen) atoms. The molecule has 6 nitrogen and oxygen atoms in total. The SMILES string of the molecule is CCCCCCC(C/C=C\CCCCCCCC(=O)OC(C)(C)CCCCCCC(C)(C)OC(=O)CCCCCCC/C=C\CC(CCCCCC)C(C)(C)O)C(C)(C)O. The molecule has 0 saturated carbocycles. The molecule has 0 aromatic carbocycles. The van der Waals surface area contributed by atoms with Gasteiger partial charge in [0.2, 0.25) is 0 Å². The molecule has 0 fully saturated rings. The van der Waals surface area contributed by atoms with Crippen LogP contribution < -0.4 is 0 Å². The Kier molecular flexibility index (Phi) is 33.8. The molecule has 0 aromatic heterocycles. The van der Waals surface area contributed by atoms with Crippen molar-refractivity contribution < 1.29 is 29.3 Å². The molecule has 0 aliphatic rings. The number of aliphatic hydroxyl groups is 2. The number of allylic oxidation sites excluding steroid dienone is 4. The van der Waals surface area contributed by atoms with Gasteiger partial charge in [-0.2, -0.15) is 0 Å². The van der Waals surface area contributed by atoms with E-state index in [1.54, 1.807) is 0 Å². The third kappa shape index (κ3) is 35.9. The van der Waals surface area contributed by atoms with Crippen LogP contribution in [0.25, 0.3) is 0 Å². The summed E-state index contributed by atoms with van der Waals surface area (Å²) in [7, 11) is 0. The van der Waals surface area contributed by atoms with E-state index < -0.39 is 22.4 Å². The number of ether oxygens (including phenoxy) is 2. The van der Waals surface area contributed by atoms with Gasteiger partial charge < -0.3 is 19.7 Å². The van der Waals surface area contributed by atoms with Crippen LogP contribution in [0.15, 0.2) is 24.3 Å². The average molecular weight is 847 g/mol. The van der Waals surface area contributed by atoms with Gasteiger partial charge in [0, 0.05) is 12.8 Å². The van der Waals surface area contributed by atoms with Crippen molar-refractivity contribution in [2.24, 2.45) is 11.8 Å². The molecular weight excluding hydrogens is 745 g/mol. The lowest BCUT2D eigenvalue weighted by atomic mass is 9.83. The van der Waals surface area contributed by atoms with Crippen LogP contribution in [0.2, 0.25) is 0 Å². The number of unbranched alkanes of at least 4 members (excludes halogenated alkanes) is 19. The first kappa shape index (κ1) is 58.3. The molecule has 0 saturated heterocycles. The van der Waals surface area contributed by atoms with E-state index in [-0.39, 0.29) is 11.9 Å². The van der Waals surface area contributed by atoms with E-state index in [1.807, 2.05) is 55.4 Å². The van der Waals surface area contributed by atoms with Crippen molar-refractivity contribution in [3.8, 4) is 0 Å². The van der Waals surface area contributed by atoms with Gasteiger partial charge in [-0.25, -0.2) is 0 Å². The zero-order chi connectivity index (χ0) is 45.2. The van der Waals surface area contributed by atoms with Crippen LogP contribution in [0.3, 0.4) is 0 Å². The Morgan fingerprint density at radius 1 is 0.433 bits per heavy atom. The first-order valence-electron chi connectivity index (χ1n) is 25.5. The first-order chi connectivity index (χ1) is 28.3. The molecule has 2 atom stereocenters. The highest BCUT2D eigenvalue weighted by atomic mass is 16.6. The summed E-state index contributed by atoms with van der Waals surface area (Å²) in [5.41, 5.74) is -2.12. The molecule has 354 valence electrons. The van der Waals surface area contributed by atoms with Gasteiger partial charge in [0.15, 0.2) is 0 Å². The number of hydrogen-bond acceptors (Lipinski definition) is 6. The zero-order valence-electron chi connectivity index (χ0n) is 41.6. The predicted molar refractivity (Wildman–Crippen MR) is 257 cm³/mol. The van der Waals surface area contributed by atoms with Crippen molar-refractivity contribution in [3.05, 3.63) is 24.3 Å². The number of carbonyl (C=O) groups excluding carboxylic acids is 2. The van der Waals surface area contributed by atoms with E-state index in [9.17, 15) is 19.8 Å². The summed E-state index contributed by atoms with van der Waals surface area (Å²) in [6.07, 6.45) is 43.3. The maximum Gasteiger partial charge on any atom is 0.306 e. The van der Waals surface area contributed by atoms with E-state index in [0.29, 0.717) is 24.7 Å². The molecule has 0 heterocycles. The van der Waals surface area contributed by atoms with Gasteiger partial charge in [0.05, 0.1) is 11.2 Å². The fraction of sp³-hybridized carbons (Fsp3) is 0.889. The number of carbonyl (C=O) groups is 2. The molecule has 2 N–H and O–H groups in total. The summed E-state index contributed by atoms with van der Waals surface area (Å²) in [6.45, 7) is 20.4. The third-order valence-electron chi connectivity index (χ3n) is 12.6. The van der Waals surface area contributed by atoms with Crippen LogP contribution in [0, 0.1) is 11.8 Å². The summed E-state index contributed by atoms with van der Waals surface area (Å²) in [5.74, 6) is 0.503. The second kappa shape index (κ2) is 34.8. The van der Waals surface area contributed by atoms with Gasteiger partial charge >= 0.3 is 11.9 Å². The molecule has 0 amide bonds. The van der Waals surface area contributed by atoms with Gasteiger partial charge in [0.25, 0.3) is 0 Å². The quantitative estimate of drug-likeness (QED) is 0.0362. The Bertz CT molecular complexity index is 1000. The van der Waals surface area contributed by atoms with Crippen molar-refractivity contribution in [1.82, 2.24) is 0 Å². The molecule has 2 unspecified atom stereocenters. The highest BCUT2D eigenvalue weighted by Gasteiger charge is 2.27. The number of rotatable bonds is 41. The lowest BCUT2D eigenvalue weighted by Crippen LogP contribution is -2.30. The molecule has 0 radical (unpaired) electrons. The Morgan fingerprint density at radius 3 is 1.10 bits per heavy atom. The van der Waals surface area contributed by atoms with Crippen LogP contribution in [0.1, 0.15) is 275 Å². The lowest BCUT2D eigenvalue weighted by Gasteiger charge is -2.28. The summed E-state index contributed by atoms with van der Waals surface area (Å²) >= 11 is 0. The highest BCUT2D eigenvalue weighted by Crippen LogP contribution is 2.29. The third-order valence-corrected chi connectivity index (χ3v) is 12.6. The van der Waals surface area contributed by atoms with Gasteiger partial charge in [-0.15, -0.1) is 0 Å². The minimum atomic E-state index is -0.621. The second-order valence-electron chi connectivity index (χ2n) is 20.8. The van der Waals surface area contributed by atoms with Crippen LogP contribution in [-0.4, -0.2) is 44.6 Å². The van der Waals surface area contributed by atoms with Crippen molar-refractivity contribution in [2.45, 2.75) is 297 Å². The Balaban J connectivity index is 3.97. The number of hydrogen-bond donors (Lipinski definition) is 2. The molecule has 0 aliphatic carbocycles. The molecule has 0 aliphatic heterocycles. The van der Waals surface area contributed by atoms with E-state index >= 15 is 0 Å². The van der Waals surface area contributed by atoms with E-state index in [0.717, 1.165) is 116 Å². The fourth-order valence-electron chi connectivity index (χ4n) is 8.31. The van der Waals surface area contributed by atoms with Gasteiger partial charge in [0.1, 0.15) is 11.2 Å². The largest absolute Gasteiger partial charge is 0.460 e. The van der Waals surface area contributed by atoms with Crippen LogP contribution >= 0.6 is 0 Å². The Labute approximate surface area is 373 Å². The van der Waals surface area contributed by atoms with Crippen molar-refractivity contribution in [1.29, 1.82) is 0 Å². The summed E-state index contributed by atoms with van der Waals surface area (Å²) in [6, 6.07) is 0. The standard InChI is InChI=1S/C54H102O6/c1-11-13-15-31-39-47(53(7,8)57)41-33-25-21-17-19-23-27-35-43-49(55)59-51(3,4)45-37-29-30-38-46-52(5,6)60-50(56)44-36-28-24-20-18-22-26-34-42-48(54(9,10)58)40-32-16-14-12-2/h25-26,33-34,47-48,57-58H,11-24,27-32,35-46H2,1-10H3/b33-25-,34-26-. The minimum absolute atomic E-state index is 0.0770. The van der Waals surface area contributed by atoms with Gasteiger partial charge in [-0.3, -0.25) is 9.59 Å². The van der Waals surface area contributed by atoms with Crippen molar-refractivity contribution in [3.63, 3.8) is 0 Å². The molecule has 0 bridgehead atoms. The van der Waals surface area contributed by atoms with Crippen LogP contribution in [0.5, 0.6) is 0 Å². The number of esters is 2. The second-order valence-corrected chi connectivity index (χ2v) is 20.8.